The van der Waals surface area contributed by atoms with Gasteiger partial charge >= 0.3 is 0 Å². The van der Waals surface area contributed by atoms with Crippen molar-refractivity contribution in [3.05, 3.63) is 58.6 Å². The molecule has 1 saturated carbocycles. The highest BCUT2D eigenvalue weighted by atomic mass is 35.5. The van der Waals surface area contributed by atoms with E-state index in [1.54, 1.807) is 12.1 Å². The normalized spacial score (nSPS) is 14.6. The Bertz CT molecular complexity index is 638. The predicted molar refractivity (Wildman–Crippen MR) is 76.7 cm³/mol. The van der Waals surface area contributed by atoms with Crippen LogP contribution in [0.2, 0.25) is 5.02 Å². The Kier molecular flexibility index (Phi) is 3.72. The zero-order valence-corrected chi connectivity index (χ0v) is 11.6. The lowest BCUT2D eigenvalue weighted by molar-refractivity contribution is 0.509. The van der Waals surface area contributed by atoms with E-state index in [4.69, 9.17) is 11.6 Å². The van der Waals surface area contributed by atoms with Gasteiger partial charge in [0.25, 0.3) is 0 Å². The molecule has 0 aromatic heterocycles. The van der Waals surface area contributed by atoms with Crippen LogP contribution in [0.4, 0.5) is 8.78 Å². The van der Waals surface area contributed by atoms with Gasteiger partial charge in [0.05, 0.1) is 0 Å². The second kappa shape index (κ2) is 5.51. The van der Waals surface area contributed by atoms with Crippen molar-refractivity contribution in [2.45, 2.75) is 25.4 Å². The molecule has 0 heterocycles. The summed E-state index contributed by atoms with van der Waals surface area (Å²) < 4.78 is 26.4. The molecular weight excluding hydrogens is 280 g/mol. The van der Waals surface area contributed by atoms with Gasteiger partial charge in [-0.3, -0.25) is 0 Å². The van der Waals surface area contributed by atoms with Crippen molar-refractivity contribution < 1.29 is 8.78 Å². The maximum Gasteiger partial charge on any atom is 0.159 e. The molecule has 0 saturated heterocycles. The summed E-state index contributed by atoms with van der Waals surface area (Å²) in [5, 5.41) is 4.05. The van der Waals surface area contributed by atoms with Gasteiger partial charge in [-0.1, -0.05) is 23.7 Å². The molecule has 0 spiro atoms. The summed E-state index contributed by atoms with van der Waals surface area (Å²) in [6.07, 6.45) is 2.39. The minimum Gasteiger partial charge on any atom is -0.310 e. The Morgan fingerprint density at radius 1 is 1.05 bits per heavy atom. The molecule has 0 atom stereocenters. The van der Waals surface area contributed by atoms with E-state index in [1.165, 1.54) is 18.9 Å². The highest BCUT2D eigenvalue weighted by Crippen LogP contribution is 2.29. The van der Waals surface area contributed by atoms with Crippen molar-refractivity contribution in [1.82, 2.24) is 5.32 Å². The van der Waals surface area contributed by atoms with Crippen LogP contribution in [0.3, 0.4) is 0 Å². The third kappa shape index (κ3) is 3.00. The van der Waals surface area contributed by atoms with E-state index in [0.717, 1.165) is 17.2 Å². The first-order chi connectivity index (χ1) is 9.63. The Morgan fingerprint density at radius 2 is 1.85 bits per heavy atom. The Labute approximate surface area is 121 Å². The van der Waals surface area contributed by atoms with Crippen molar-refractivity contribution in [2.75, 3.05) is 0 Å². The standard InChI is InChI=1S/C16H14ClF2N/c17-12-2-5-14(10-1-6-15(18)16(19)8-10)11(7-12)9-20-13-3-4-13/h1-2,5-8,13,20H,3-4,9H2. The maximum atomic E-state index is 13.4. The zero-order chi connectivity index (χ0) is 14.1. The lowest BCUT2D eigenvalue weighted by Gasteiger charge is -2.11. The molecule has 0 aliphatic heterocycles. The number of hydrogen-bond donors (Lipinski definition) is 1. The molecular formula is C16H14ClF2N. The van der Waals surface area contributed by atoms with E-state index in [2.05, 4.69) is 5.32 Å². The minimum absolute atomic E-state index is 0.576. The SMILES string of the molecule is Fc1ccc(-c2ccc(Cl)cc2CNC2CC2)cc1F. The van der Waals surface area contributed by atoms with E-state index < -0.39 is 11.6 Å². The topological polar surface area (TPSA) is 12.0 Å². The van der Waals surface area contributed by atoms with E-state index >= 15 is 0 Å². The Morgan fingerprint density at radius 3 is 2.55 bits per heavy atom. The molecule has 1 aliphatic carbocycles. The van der Waals surface area contributed by atoms with Crippen LogP contribution in [0.15, 0.2) is 36.4 Å². The van der Waals surface area contributed by atoms with Crippen LogP contribution in [0.1, 0.15) is 18.4 Å². The molecule has 1 nitrogen and oxygen atoms in total. The fourth-order valence-electron chi connectivity index (χ4n) is 2.20. The van der Waals surface area contributed by atoms with Gasteiger partial charge in [-0.15, -0.1) is 0 Å². The van der Waals surface area contributed by atoms with Gasteiger partial charge in [-0.05, 0) is 53.8 Å². The molecule has 2 aromatic carbocycles. The second-order valence-electron chi connectivity index (χ2n) is 5.09. The summed E-state index contributed by atoms with van der Waals surface area (Å²) in [4.78, 5) is 0. The summed E-state index contributed by atoms with van der Waals surface area (Å²) in [6.45, 7) is 0.680. The Balaban J connectivity index is 1.95. The first-order valence-electron chi connectivity index (χ1n) is 6.61. The molecule has 104 valence electrons. The smallest absolute Gasteiger partial charge is 0.159 e. The average molecular weight is 294 g/mol. The molecule has 1 aliphatic rings. The second-order valence-corrected chi connectivity index (χ2v) is 5.52. The van der Waals surface area contributed by atoms with E-state index in [1.807, 2.05) is 12.1 Å². The van der Waals surface area contributed by atoms with Gasteiger partial charge in [0.1, 0.15) is 0 Å². The molecule has 0 radical (unpaired) electrons. The molecule has 2 aromatic rings. The van der Waals surface area contributed by atoms with Crippen molar-refractivity contribution in [1.29, 1.82) is 0 Å². The molecule has 0 amide bonds. The van der Waals surface area contributed by atoms with Gasteiger partial charge in [-0.25, -0.2) is 8.78 Å². The molecule has 1 N–H and O–H groups in total. The number of benzene rings is 2. The first-order valence-corrected chi connectivity index (χ1v) is 6.98. The van der Waals surface area contributed by atoms with Crippen LogP contribution in [0, 0.1) is 11.6 Å². The van der Waals surface area contributed by atoms with Gasteiger partial charge in [0.2, 0.25) is 0 Å². The molecule has 4 heteroatoms. The summed E-state index contributed by atoms with van der Waals surface area (Å²) in [6, 6.07) is 10.0. The fourth-order valence-corrected chi connectivity index (χ4v) is 2.39. The number of hydrogen-bond acceptors (Lipinski definition) is 1. The maximum absolute atomic E-state index is 13.4. The highest BCUT2D eigenvalue weighted by Gasteiger charge is 2.20. The molecule has 1 fully saturated rings. The van der Waals surface area contributed by atoms with Crippen molar-refractivity contribution in [3.63, 3.8) is 0 Å². The third-order valence-electron chi connectivity index (χ3n) is 3.46. The van der Waals surface area contributed by atoms with Gasteiger partial charge in [-0.2, -0.15) is 0 Å². The van der Waals surface area contributed by atoms with E-state index in [0.29, 0.717) is 23.2 Å². The van der Waals surface area contributed by atoms with Crippen LogP contribution in [0.5, 0.6) is 0 Å². The largest absolute Gasteiger partial charge is 0.310 e. The fraction of sp³-hybridized carbons (Fsp3) is 0.250. The first kappa shape index (κ1) is 13.5. The number of rotatable bonds is 4. The molecule has 0 unspecified atom stereocenters. The lowest BCUT2D eigenvalue weighted by Crippen LogP contribution is -2.15. The summed E-state index contributed by atoms with van der Waals surface area (Å²) in [5.41, 5.74) is 2.53. The molecule has 20 heavy (non-hydrogen) atoms. The van der Waals surface area contributed by atoms with Crippen LogP contribution in [-0.4, -0.2) is 6.04 Å². The van der Waals surface area contributed by atoms with Crippen molar-refractivity contribution >= 4 is 11.6 Å². The number of nitrogens with one attached hydrogen (secondary N) is 1. The summed E-state index contributed by atoms with van der Waals surface area (Å²) in [5.74, 6) is -1.67. The summed E-state index contributed by atoms with van der Waals surface area (Å²) in [7, 11) is 0. The van der Waals surface area contributed by atoms with Gasteiger partial charge in [0.15, 0.2) is 11.6 Å². The average Bonchev–Trinajstić information content (AvgIpc) is 3.24. The van der Waals surface area contributed by atoms with E-state index in [-0.39, 0.29) is 0 Å². The van der Waals surface area contributed by atoms with Gasteiger partial charge in [0, 0.05) is 17.6 Å². The van der Waals surface area contributed by atoms with Crippen molar-refractivity contribution in [2.24, 2.45) is 0 Å². The van der Waals surface area contributed by atoms with Crippen LogP contribution in [-0.2, 0) is 6.54 Å². The molecule has 0 bridgehead atoms. The van der Waals surface area contributed by atoms with Gasteiger partial charge < -0.3 is 5.32 Å². The highest BCUT2D eigenvalue weighted by molar-refractivity contribution is 6.30. The number of halogens is 3. The van der Waals surface area contributed by atoms with E-state index in [9.17, 15) is 8.78 Å². The lowest BCUT2D eigenvalue weighted by atomic mass is 9.99. The monoisotopic (exact) mass is 293 g/mol. The van der Waals surface area contributed by atoms with Crippen LogP contribution in [0.25, 0.3) is 11.1 Å². The minimum atomic E-state index is -0.835. The van der Waals surface area contributed by atoms with Crippen molar-refractivity contribution in [3.8, 4) is 11.1 Å². The third-order valence-corrected chi connectivity index (χ3v) is 3.69. The Hall–Kier alpha value is -1.45. The predicted octanol–water partition coefficient (Wildman–Crippen LogP) is 4.54. The molecule has 3 rings (SSSR count). The van der Waals surface area contributed by atoms with Crippen LogP contribution >= 0.6 is 11.6 Å². The van der Waals surface area contributed by atoms with Crippen LogP contribution < -0.4 is 5.32 Å². The quantitative estimate of drug-likeness (QED) is 0.873. The summed E-state index contributed by atoms with van der Waals surface area (Å²) >= 11 is 6.03. The zero-order valence-electron chi connectivity index (χ0n) is 10.8.